The Morgan fingerprint density at radius 1 is 1.23 bits per heavy atom. The number of phenols is 2. The number of carbonyl (C=O) groups excluding carboxylic acids is 1. The summed E-state index contributed by atoms with van der Waals surface area (Å²) < 4.78 is 10.8. The summed E-state index contributed by atoms with van der Waals surface area (Å²) in [6.07, 6.45) is 1.91. The van der Waals surface area contributed by atoms with Crippen molar-refractivity contribution in [3.8, 4) is 23.0 Å². The molecule has 0 unspecified atom stereocenters. The van der Waals surface area contributed by atoms with Crippen LogP contribution in [0.15, 0.2) is 23.8 Å². The molecular formula is C17H16O5. The summed E-state index contributed by atoms with van der Waals surface area (Å²) >= 11 is 0. The lowest BCUT2D eigenvalue weighted by Gasteiger charge is -2.12. The van der Waals surface area contributed by atoms with Crippen molar-refractivity contribution in [3.05, 3.63) is 34.9 Å². The third kappa shape index (κ3) is 2.06. The van der Waals surface area contributed by atoms with Gasteiger partial charge in [-0.1, -0.05) is 5.57 Å². The molecule has 5 nitrogen and oxygen atoms in total. The molecule has 0 saturated carbocycles. The minimum atomic E-state index is -0.672. The molecule has 2 N–H and O–H groups in total. The lowest BCUT2D eigenvalue weighted by Crippen LogP contribution is -2.02. The van der Waals surface area contributed by atoms with Gasteiger partial charge < -0.3 is 19.7 Å². The molecule has 0 saturated heterocycles. The van der Waals surface area contributed by atoms with Crippen molar-refractivity contribution in [1.29, 1.82) is 0 Å². The summed E-state index contributed by atoms with van der Waals surface area (Å²) in [7, 11) is 0. The molecule has 0 spiro atoms. The second-order valence-electron chi connectivity index (χ2n) is 5.54. The first kappa shape index (κ1) is 14.3. The van der Waals surface area contributed by atoms with Crippen LogP contribution in [-0.4, -0.2) is 22.8 Å². The molecular weight excluding hydrogens is 284 g/mol. The maximum absolute atomic E-state index is 11.9. The fourth-order valence-electron chi connectivity index (χ4n) is 2.60. The van der Waals surface area contributed by atoms with Gasteiger partial charge in [-0.2, -0.15) is 0 Å². The fourth-order valence-corrected chi connectivity index (χ4v) is 2.60. The van der Waals surface area contributed by atoms with E-state index in [1.807, 2.05) is 19.9 Å². The summed E-state index contributed by atoms with van der Waals surface area (Å²) in [4.78, 5) is 11.9. The van der Waals surface area contributed by atoms with Crippen LogP contribution < -0.4 is 9.47 Å². The van der Waals surface area contributed by atoms with Crippen LogP contribution in [0.25, 0.3) is 10.8 Å². The van der Waals surface area contributed by atoms with E-state index in [1.165, 1.54) is 12.1 Å². The first-order valence-corrected chi connectivity index (χ1v) is 6.90. The normalized spacial score (nSPS) is 12.4. The van der Waals surface area contributed by atoms with Crippen molar-refractivity contribution >= 4 is 16.7 Å². The molecule has 2 aromatic carbocycles. The topological polar surface area (TPSA) is 76.0 Å². The quantitative estimate of drug-likeness (QED) is 0.516. The van der Waals surface area contributed by atoms with E-state index in [-0.39, 0.29) is 22.8 Å². The molecule has 5 heteroatoms. The molecule has 0 bridgehead atoms. The highest BCUT2D eigenvalue weighted by atomic mass is 16.5. The number of benzene rings is 2. The standard InChI is InChI=1S/C17H16O5/c1-8(2)4-5-21-12-7-10(18)14-15-13(12)9(3)6-11(19)16(15)22-17(14)20/h4,6-7,18-19H,5H2,1-3H3. The number of rotatable bonds is 3. The number of phenolic OH excluding ortho intramolecular Hbond substituents is 2. The Bertz CT molecular complexity index is 829. The van der Waals surface area contributed by atoms with Crippen molar-refractivity contribution in [1.82, 2.24) is 0 Å². The Morgan fingerprint density at radius 2 is 1.95 bits per heavy atom. The van der Waals surface area contributed by atoms with Crippen molar-refractivity contribution in [2.24, 2.45) is 0 Å². The number of ether oxygens (including phenoxy) is 2. The van der Waals surface area contributed by atoms with Crippen LogP contribution in [0.5, 0.6) is 23.0 Å². The minimum absolute atomic E-state index is 0.0681. The summed E-state index contributed by atoms with van der Waals surface area (Å²) in [5, 5.41) is 21.1. The van der Waals surface area contributed by atoms with Gasteiger partial charge in [0.05, 0.1) is 5.39 Å². The third-order valence-corrected chi connectivity index (χ3v) is 3.61. The van der Waals surface area contributed by atoms with Gasteiger partial charge in [0.1, 0.15) is 23.7 Å². The van der Waals surface area contributed by atoms with Crippen LogP contribution in [0.3, 0.4) is 0 Å². The van der Waals surface area contributed by atoms with Crippen LogP contribution >= 0.6 is 0 Å². The molecule has 114 valence electrons. The SMILES string of the molecule is CC(C)=CCOc1cc(O)c2c3c(c(O)cc(C)c13)OC2=O. The Hall–Kier alpha value is -2.69. The highest BCUT2D eigenvalue weighted by Gasteiger charge is 2.32. The van der Waals surface area contributed by atoms with E-state index in [0.29, 0.717) is 23.1 Å². The zero-order valence-corrected chi connectivity index (χ0v) is 12.6. The molecule has 0 fully saturated rings. The van der Waals surface area contributed by atoms with E-state index in [4.69, 9.17) is 9.47 Å². The molecule has 0 aliphatic carbocycles. The Labute approximate surface area is 127 Å². The van der Waals surface area contributed by atoms with E-state index in [1.54, 1.807) is 6.92 Å². The highest BCUT2D eigenvalue weighted by molar-refractivity contribution is 6.18. The maximum Gasteiger partial charge on any atom is 0.348 e. The average molecular weight is 300 g/mol. The van der Waals surface area contributed by atoms with E-state index in [0.717, 1.165) is 11.1 Å². The van der Waals surface area contributed by atoms with Gasteiger partial charge in [-0.25, -0.2) is 4.79 Å². The van der Waals surface area contributed by atoms with Crippen LogP contribution in [0, 0.1) is 6.92 Å². The number of hydrogen-bond acceptors (Lipinski definition) is 5. The van der Waals surface area contributed by atoms with Gasteiger partial charge >= 0.3 is 5.97 Å². The average Bonchev–Trinajstić information content (AvgIpc) is 2.76. The summed E-state index contributed by atoms with van der Waals surface area (Å²) in [5.41, 5.74) is 1.92. The number of esters is 1. The van der Waals surface area contributed by atoms with Crippen LogP contribution in [0.1, 0.15) is 29.8 Å². The second kappa shape index (κ2) is 4.94. The smallest absolute Gasteiger partial charge is 0.348 e. The van der Waals surface area contributed by atoms with E-state index in [9.17, 15) is 15.0 Å². The van der Waals surface area contributed by atoms with Crippen LogP contribution in [0.2, 0.25) is 0 Å². The number of hydrogen-bond donors (Lipinski definition) is 2. The number of aromatic hydroxyl groups is 2. The van der Waals surface area contributed by atoms with Gasteiger partial charge in [0.2, 0.25) is 0 Å². The number of allylic oxidation sites excluding steroid dienone is 1. The lowest BCUT2D eigenvalue weighted by atomic mass is 9.99. The van der Waals surface area contributed by atoms with Crippen LogP contribution in [0.4, 0.5) is 0 Å². The van der Waals surface area contributed by atoms with Gasteiger partial charge in [0.25, 0.3) is 0 Å². The van der Waals surface area contributed by atoms with Gasteiger partial charge in [-0.3, -0.25) is 0 Å². The predicted octanol–water partition coefficient (Wildman–Crippen LogP) is 3.44. The van der Waals surface area contributed by atoms with Gasteiger partial charge in [-0.15, -0.1) is 0 Å². The van der Waals surface area contributed by atoms with Crippen molar-refractivity contribution in [2.75, 3.05) is 6.61 Å². The summed E-state index contributed by atoms with van der Waals surface area (Å²) in [6.45, 7) is 6.07. The predicted molar refractivity (Wildman–Crippen MR) is 81.9 cm³/mol. The van der Waals surface area contributed by atoms with Crippen molar-refractivity contribution in [3.63, 3.8) is 0 Å². The zero-order valence-electron chi connectivity index (χ0n) is 12.6. The molecule has 2 aromatic rings. The molecule has 1 aliphatic rings. The Morgan fingerprint density at radius 3 is 2.64 bits per heavy atom. The molecule has 0 radical (unpaired) electrons. The van der Waals surface area contributed by atoms with Gasteiger partial charge in [-0.05, 0) is 38.5 Å². The monoisotopic (exact) mass is 300 g/mol. The second-order valence-corrected chi connectivity index (χ2v) is 5.54. The molecule has 3 rings (SSSR count). The van der Waals surface area contributed by atoms with Gasteiger partial charge in [0, 0.05) is 11.5 Å². The van der Waals surface area contributed by atoms with Crippen molar-refractivity contribution < 1.29 is 24.5 Å². The highest BCUT2D eigenvalue weighted by Crippen LogP contribution is 2.49. The molecule has 0 amide bonds. The Balaban J connectivity index is 2.26. The number of carbonyl (C=O) groups is 1. The molecule has 0 atom stereocenters. The lowest BCUT2D eigenvalue weighted by molar-refractivity contribution is 0.0747. The number of aryl methyl sites for hydroxylation is 1. The van der Waals surface area contributed by atoms with E-state index < -0.39 is 5.97 Å². The van der Waals surface area contributed by atoms with E-state index >= 15 is 0 Å². The van der Waals surface area contributed by atoms with Gasteiger partial charge in [0.15, 0.2) is 11.5 Å². The summed E-state index contributed by atoms with van der Waals surface area (Å²) in [5.74, 6) is -0.491. The Kier molecular flexibility index (Phi) is 3.20. The molecule has 22 heavy (non-hydrogen) atoms. The molecule has 0 aromatic heterocycles. The van der Waals surface area contributed by atoms with Crippen molar-refractivity contribution in [2.45, 2.75) is 20.8 Å². The van der Waals surface area contributed by atoms with Crippen LogP contribution in [-0.2, 0) is 0 Å². The largest absolute Gasteiger partial charge is 0.507 e. The first-order chi connectivity index (χ1) is 10.4. The molecule has 1 heterocycles. The van der Waals surface area contributed by atoms with E-state index in [2.05, 4.69) is 0 Å². The minimum Gasteiger partial charge on any atom is -0.507 e. The third-order valence-electron chi connectivity index (χ3n) is 3.61. The first-order valence-electron chi connectivity index (χ1n) is 6.90. The fraction of sp³-hybridized carbons (Fsp3) is 0.235. The molecule has 1 aliphatic heterocycles. The summed E-state index contributed by atoms with van der Waals surface area (Å²) in [6, 6.07) is 2.93. The zero-order chi connectivity index (χ0) is 16.0. The maximum atomic E-state index is 11.9.